The van der Waals surface area contributed by atoms with E-state index in [4.69, 9.17) is 14.2 Å². The first kappa shape index (κ1) is 16.2. The predicted octanol–water partition coefficient (Wildman–Crippen LogP) is 0.949. The maximum atomic E-state index is 11.8. The van der Waals surface area contributed by atoms with Gasteiger partial charge in [0.15, 0.2) is 0 Å². The lowest BCUT2D eigenvalue weighted by molar-refractivity contribution is -0.138. The molecule has 0 bridgehead atoms. The molecule has 0 unspecified atom stereocenters. The molecule has 0 N–H and O–H groups in total. The van der Waals surface area contributed by atoms with E-state index in [1.54, 1.807) is 19.3 Å². The van der Waals surface area contributed by atoms with Crippen LogP contribution in [0.5, 0.6) is 0 Å². The number of hydrogen-bond acceptors (Lipinski definition) is 7. The number of morpholine rings is 1. The molecule has 1 aliphatic rings. The lowest BCUT2D eigenvalue weighted by Crippen LogP contribution is -2.37. The van der Waals surface area contributed by atoms with Crippen molar-refractivity contribution in [2.45, 2.75) is 13.3 Å². The number of esters is 1. The van der Waals surface area contributed by atoms with Crippen molar-refractivity contribution >= 4 is 11.9 Å². The van der Waals surface area contributed by atoms with Crippen molar-refractivity contribution in [3.63, 3.8) is 0 Å². The quantitative estimate of drug-likeness (QED) is 0.440. The van der Waals surface area contributed by atoms with Crippen LogP contribution in [0.1, 0.15) is 12.5 Å². The highest BCUT2D eigenvalue weighted by Gasteiger charge is 2.15. The summed E-state index contributed by atoms with van der Waals surface area (Å²) in [7, 11) is 1.50. The number of methoxy groups -OCH3 is 1. The fourth-order valence-electron chi connectivity index (χ4n) is 2.11. The van der Waals surface area contributed by atoms with E-state index < -0.39 is 0 Å². The molecule has 0 atom stereocenters. The molecule has 0 saturated carbocycles. The van der Waals surface area contributed by atoms with Gasteiger partial charge in [0.05, 0.1) is 38.8 Å². The third kappa shape index (κ3) is 4.42. The number of ether oxygens (including phenoxy) is 3. The molecule has 0 aliphatic carbocycles. The van der Waals surface area contributed by atoms with Crippen LogP contribution in [-0.2, 0) is 25.4 Å². The molecule has 1 saturated heterocycles. The molecule has 1 aromatic heterocycles. The van der Waals surface area contributed by atoms with Gasteiger partial charge < -0.3 is 19.1 Å². The fourth-order valence-corrected chi connectivity index (χ4v) is 2.11. The zero-order valence-electron chi connectivity index (χ0n) is 12.9. The maximum Gasteiger partial charge on any atom is 0.337 e. The Balaban J connectivity index is 2.02. The van der Waals surface area contributed by atoms with E-state index in [0.717, 1.165) is 18.7 Å². The Labute approximate surface area is 129 Å². The molecule has 120 valence electrons. The van der Waals surface area contributed by atoms with Crippen LogP contribution in [0.25, 0.3) is 0 Å². The summed E-state index contributed by atoms with van der Waals surface area (Å²) in [6, 6.07) is 0. The van der Waals surface area contributed by atoms with Crippen LogP contribution in [0.3, 0.4) is 0 Å². The first-order valence-electron chi connectivity index (χ1n) is 7.27. The second-order valence-electron chi connectivity index (χ2n) is 4.77. The predicted molar refractivity (Wildman–Crippen MR) is 80.5 cm³/mol. The summed E-state index contributed by atoms with van der Waals surface area (Å²) in [5.74, 6) is 0.294. The van der Waals surface area contributed by atoms with Crippen molar-refractivity contribution in [1.82, 2.24) is 9.97 Å². The number of hydrogen-bond donors (Lipinski definition) is 0. The SMILES string of the molecule is CCOC(=O)/C(=C/OC)Cc1cnc(N2CCOCC2)nc1. The van der Waals surface area contributed by atoms with E-state index in [2.05, 4.69) is 14.9 Å². The standard InChI is InChI=1S/C15H21N3O4/c1-3-22-14(19)13(11-20-2)8-12-9-16-15(17-10-12)18-4-6-21-7-5-18/h9-11H,3-8H2,1-2H3/b13-11+. The zero-order chi connectivity index (χ0) is 15.8. The number of anilines is 1. The number of rotatable bonds is 6. The van der Waals surface area contributed by atoms with Gasteiger partial charge in [-0.05, 0) is 12.5 Å². The van der Waals surface area contributed by atoms with Crippen LogP contribution in [0.4, 0.5) is 5.95 Å². The van der Waals surface area contributed by atoms with Gasteiger partial charge in [0.1, 0.15) is 0 Å². The van der Waals surface area contributed by atoms with E-state index in [0.29, 0.717) is 37.8 Å². The van der Waals surface area contributed by atoms with Crippen LogP contribution in [0, 0.1) is 0 Å². The minimum atomic E-state index is -0.387. The fraction of sp³-hybridized carbons (Fsp3) is 0.533. The van der Waals surface area contributed by atoms with Gasteiger partial charge in [-0.15, -0.1) is 0 Å². The van der Waals surface area contributed by atoms with Gasteiger partial charge in [-0.2, -0.15) is 0 Å². The Kier molecular flexibility index (Phi) is 6.14. The van der Waals surface area contributed by atoms with E-state index in [1.807, 2.05) is 0 Å². The normalized spacial score (nSPS) is 15.5. The largest absolute Gasteiger partial charge is 0.504 e. The molecule has 22 heavy (non-hydrogen) atoms. The first-order valence-corrected chi connectivity index (χ1v) is 7.27. The van der Waals surface area contributed by atoms with Gasteiger partial charge in [-0.3, -0.25) is 0 Å². The van der Waals surface area contributed by atoms with Crippen LogP contribution in [-0.4, -0.2) is 56.0 Å². The first-order chi connectivity index (χ1) is 10.7. The van der Waals surface area contributed by atoms with Gasteiger partial charge >= 0.3 is 5.97 Å². The molecular formula is C15H21N3O4. The highest BCUT2D eigenvalue weighted by molar-refractivity contribution is 5.88. The van der Waals surface area contributed by atoms with E-state index in [-0.39, 0.29) is 5.97 Å². The summed E-state index contributed by atoms with van der Waals surface area (Å²) in [6.45, 7) is 5.05. The van der Waals surface area contributed by atoms with Crippen molar-refractivity contribution in [3.8, 4) is 0 Å². The smallest absolute Gasteiger partial charge is 0.337 e. The monoisotopic (exact) mass is 307 g/mol. The van der Waals surface area contributed by atoms with Gasteiger partial charge in [0.25, 0.3) is 0 Å². The van der Waals surface area contributed by atoms with Gasteiger partial charge in [-0.25, -0.2) is 14.8 Å². The number of carbonyl (C=O) groups is 1. The van der Waals surface area contributed by atoms with Crippen LogP contribution >= 0.6 is 0 Å². The summed E-state index contributed by atoms with van der Waals surface area (Å²) in [6.07, 6.45) is 5.21. The van der Waals surface area contributed by atoms with Crippen molar-refractivity contribution in [2.24, 2.45) is 0 Å². The van der Waals surface area contributed by atoms with E-state index >= 15 is 0 Å². The number of nitrogens with zero attached hydrogens (tertiary/aromatic N) is 3. The Morgan fingerprint density at radius 2 is 2.05 bits per heavy atom. The second-order valence-corrected chi connectivity index (χ2v) is 4.77. The molecular weight excluding hydrogens is 286 g/mol. The number of carbonyl (C=O) groups excluding carboxylic acids is 1. The average molecular weight is 307 g/mol. The van der Waals surface area contributed by atoms with Crippen molar-refractivity contribution in [3.05, 3.63) is 29.8 Å². The molecule has 7 heteroatoms. The molecule has 1 aliphatic heterocycles. The lowest BCUT2D eigenvalue weighted by Gasteiger charge is -2.26. The Bertz CT molecular complexity index is 510. The van der Waals surface area contributed by atoms with E-state index in [1.165, 1.54) is 13.4 Å². The third-order valence-corrected chi connectivity index (χ3v) is 3.18. The Morgan fingerprint density at radius 1 is 1.36 bits per heavy atom. The van der Waals surface area contributed by atoms with Crippen LogP contribution < -0.4 is 4.90 Å². The summed E-state index contributed by atoms with van der Waals surface area (Å²) in [5.41, 5.74) is 1.26. The van der Waals surface area contributed by atoms with Crippen molar-refractivity contribution in [1.29, 1.82) is 0 Å². The molecule has 1 aromatic rings. The molecule has 0 spiro atoms. The highest BCUT2D eigenvalue weighted by Crippen LogP contribution is 2.13. The minimum Gasteiger partial charge on any atom is -0.504 e. The van der Waals surface area contributed by atoms with Crippen molar-refractivity contribution in [2.75, 3.05) is 44.9 Å². The zero-order valence-corrected chi connectivity index (χ0v) is 12.9. The minimum absolute atomic E-state index is 0.326. The summed E-state index contributed by atoms with van der Waals surface area (Å²) < 4.78 is 15.2. The molecule has 0 radical (unpaired) electrons. The van der Waals surface area contributed by atoms with E-state index in [9.17, 15) is 4.79 Å². The summed E-state index contributed by atoms with van der Waals surface area (Å²) in [4.78, 5) is 22.6. The molecule has 2 rings (SSSR count). The van der Waals surface area contributed by atoms with Crippen molar-refractivity contribution < 1.29 is 19.0 Å². The average Bonchev–Trinajstić information content (AvgIpc) is 2.56. The van der Waals surface area contributed by atoms with Crippen LogP contribution in [0.15, 0.2) is 24.2 Å². The molecule has 0 aromatic carbocycles. The lowest BCUT2D eigenvalue weighted by atomic mass is 10.1. The van der Waals surface area contributed by atoms with Crippen LogP contribution in [0.2, 0.25) is 0 Å². The highest BCUT2D eigenvalue weighted by atomic mass is 16.5. The number of aromatic nitrogens is 2. The maximum absolute atomic E-state index is 11.8. The third-order valence-electron chi connectivity index (χ3n) is 3.18. The van der Waals surface area contributed by atoms with Gasteiger partial charge in [0, 0.05) is 31.9 Å². The molecule has 0 amide bonds. The Hall–Kier alpha value is -2.15. The molecule has 1 fully saturated rings. The van der Waals surface area contributed by atoms with Gasteiger partial charge in [-0.1, -0.05) is 0 Å². The Morgan fingerprint density at radius 3 is 2.64 bits per heavy atom. The molecule has 7 nitrogen and oxygen atoms in total. The molecule has 2 heterocycles. The summed E-state index contributed by atoms with van der Waals surface area (Å²) in [5, 5.41) is 0. The topological polar surface area (TPSA) is 73.8 Å². The van der Waals surface area contributed by atoms with Gasteiger partial charge in [0.2, 0.25) is 5.95 Å². The summed E-state index contributed by atoms with van der Waals surface area (Å²) >= 11 is 0. The second kappa shape index (κ2) is 8.33.